The number of hydrogen-bond donors (Lipinski definition) is 1. The standard InChI is InChI=1S/C28H23FN2O3/c1-2-33-20-10-7-17(8-11-20)27-26-22(21-5-3-4-6-23(21)30-26)13-14-31(27)28(32)25-16-18-15-19(29)9-12-24(18)34-25/h3-12,15-16,27,30H,2,13-14H2,1H3/t27-/m1/s1. The molecular weight excluding hydrogens is 431 g/mol. The Balaban J connectivity index is 1.46. The molecule has 6 heteroatoms. The van der Waals surface area contributed by atoms with E-state index in [1.165, 1.54) is 23.1 Å². The number of aromatic amines is 1. The summed E-state index contributed by atoms with van der Waals surface area (Å²) in [6, 6.07) is 21.7. The highest BCUT2D eigenvalue weighted by atomic mass is 19.1. The van der Waals surface area contributed by atoms with E-state index in [0.717, 1.165) is 28.9 Å². The fourth-order valence-corrected chi connectivity index (χ4v) is 4.98. The van der Waals surface area contributed by atoms with E-state index in [0.29, 0.717) is 24.1 Å². The summed E-state index contributed by atoms with van der Waals surface area (Å²) in [5.74, 6) is 0.410. The predicted molar refractivity (Wildman–Crippen MR) is 129 cm³/mol. The van der Waals surface area contributed by atoms with Gasteiger partial charge >= 0.3 is 0 Å². The van der Waals surface area contributed by atoms with Crippen LogP contribution in [0.2, 0.25) is 0 Å². The first-order valence-electron chi connectivity index (χ1n) is 11.4. The minimum atomic E-state index is -0.361. The van der Waals surface area contributed by atoms with Crippen LogP contribution in [0.25, 0.3) is 21.9 Å². The van der Waals surface area contributed by atoms with Crippen molar-refractivity contribution in [2.24, 2.45) is 0 Å². The fraction of sp³-hybridized carbons (Fsp3) is 0.179. The zero-order valence-electron chi connectivity index (χ0n) is 18.7. The van der Waals surface area contributed by atoms with Crippen LogP contribution in [0.1, 0.15) is 40.3 Å². The number of H-pyrrole nitrogens is 1. The van der Waals surface area contributed by atoms with Crippen LogP contribution in [-0.4, -0.2) is 28.9 Å². The number of nitrogens with one attached hydrogen (secondary N) is 1. The zero-order chi connectivity index (χ0) is 23.2. The first-order valence-corrected chi connectivity index (χ1v) is 11.4. The summed E-state index contributed by atoms with van der Waals surface area (Å²) < 4.78 is 25.1. The van der Waals surface area contributed by atoms with Gasteiger partial charge in [-0.3, -0.25) is 4.79 Å². The van der Waals surface area contributed by atoms with Gasteiger partial charge in [0, 0.05) is 28.5 Å². The Morgan fingerprint density at radius 3 is 2.76 bits per heavy atom. The minimum absolute atomic E-state index is 0.205. The van der Waals surface area contributed by atoms with Crippen molar-refractivity contribution in [3.05, 3.63) is 101 Å². The maximum atomic E-state index is 13.7. The van der Waals surface area contributed by atoms with Crippen LogP contribution < -0.4 is 4.74 Å². The van der Waals surface area contributed by atoms with E-state index in [9.17, 15) is 9.18 Å². The SMILES string of the molecule is CCOc1ccc([C@@H]2c3[nH]c4ccccc4c3CCN2C(=O)c2cc3cc(F)ccc3o2)cc1. The lowest BCUT2D eigenvalue weighted by molar-refractivity contribution is 0.0661. The lowest BCUT2D eigenvalue weighted by Crippen LogP contribution is -2.40. The first-order chi connectivity index (χ1) is 16.6. The van der Waals surface area contributed by atoms with Crippen molar-refractivity contribution in [2.75, 3.05) is 13.2 Å². The molecule has 0 radical (unpaired) electrons. The highest BCUT2D eigenvalue weighted by Crippen LogP contribution is 2.40. The smallest absolute Gasteiger partial charge is 0.290 e. The van der Waals surface area contributed by atoms with Crippen molar-refractivity contribution < 1.29 is 18.3 Å². The highest BCUT2D eigenvalue weighted by molar-refractivity contribution is 5.97. The summed E-state index contributed by atoms with van der Waals surface area (Å²) in [5, 5.41) is 1.75. The van der Waals surface area contributed by atoms with E-state index >= 15 is 0 Å². The molecule has 6 rings (SSSR count). The van der Waals surface area contributed by atoms with Crippen LogP contribution in [-0.2, 0) is 6.42 Å². The van der Waals surface area contributed by atoms with Crippen molar-refractivity contribution in [3.8, 4) is 5.75 Å². The van der Waals surface area contributed by atoms with Gasteiger partial charge in [0.1, 0.15) is 17.1 Å². The summed E-state index contributed by atoms with van der Waals surface area (Å²) in [7, 11) is 0. The van der Waals surface area contributed by atoms with Crippen molar-refractivity contribution in [3.63, 3.8) is 0 Å². The predicted octanol–water partition coefficient (Wildman–Crippen LogP) is 6.24. The second-order valence-corrected chi connectivity index (χ2v) is 8.51. The average Bonchev–Trinajstić information content (AvgIpc) is 3.45. The number of carbonyl (C=O) groups is 1. The van der Waals surface area contributed by atoms with Crippen LogP contribution in [0.3, 0.4) is 0 Å². The van der Waals surface area contributed by atoms with E-state index in [1.54, 1.807) is 12.1 Å². The lowest BCUT2D eigenvalue weighted by atomic mass is 9.92. The molecule has 0 fully saturated rings. The Morgan fingerprint density at radius 1 is 1.12 bits per heavy atom. The maximum absolute atomic E-state index is 13.7. The molecule has 3 aromatic carbocycles. The molecule has 5 nitrogen and oxygen atoms in total. The third-order valence-corrected chi connectivity index (χ3v) is 6.49. The molecule has 0 bridgehead atoms. The molecule has 0 saturated heterocycles. The quantitative estimate of drug-likeness (QED) is 0.350. The minimum Gasteiger partial charge on any atom is -0.494 e. The maximum Gasteiger partial charge on any atom is 0.290 e. The number of aromatic nitrogens is 1. The third kappa shape index (κ3) is 3.34. The molecule has 1 aliphatic rings. The van der Waals surface area contributed by atoms with Crippen molar-refractivity contribution >= 4 is 27.8 Å². The lowest BCUT2D eigenvalue weighted by Gasteiger charge is -2.35. The number of rotatable bonds is 4. The Labute approximate surface area is 195 Å². The fourth-order valence-electron chi connectivity index (χ4n) is 4.98. The number of benzene rings is 3. The monoisotopic (exact) mass is 454 g/mol. The molecule has 5 aromatic rings. The van der Waals surface area contributed by atoms with Gasteiger partial charge in [0.05, 0.1) is 12.6 Å². The summed E-state index contributed by atoms with van der Waals surface area (Å²) in [4.78, 5) is 19.1. The van der Waals surface area contributed by atoms with Crippen LogP contribution in [0.15, 0.2) is 77.2 Å². The number of amides is 1. The zero-order valence-corrected chi connectivity index (χ0v) is 18.7. The number of para-hydroxylation sites is 1. The molecule has 2 aromatic heterocycles. The number of hydrogen-bond acceptors (Lipinski definition) is 3. The number of carbonyl (C=O) groups excluding carboxylic acids is 1. The molecule has 0 saturated carbocycles. The average molecular weight is 455 g/mol. The Hall–Kier alpha value is -4.06. The van der Waals surface area contributed by atoms with E-state index in [2.05, 4.69) is 17.1 Å². The van der Waals surface area contributed by atoms with Crippen LogP contribution >= 0.6 is 0 Å². The van der Waals surface area contributed by atoms with Crippen molar-refractivity contribution in [2.45, 2.75) is 19.4 Å². The molecule has 170 valence electrons. The molecular formula is C28H23FN2O3. The summed E-state index contributed by atoms with van der Waals surface area (Å²) in [6.07, 6.45) is 0.730. The number of halogens is 1. The van der Waals surface area contributed by atoms with Crippen molar-refractivity contribution in [1.29, 1.82) is 0 Å². The number of fused-ring (bicyclic) bond motifs is 4. The van der Waals surface area contributed by atoms with Gasteiger partial charge < -0.3 is 19.0 Å². The van der Waals surface area contributed by atoms with E-state index in [1.807, 2.05) is 48.2 Å². The molecule has 0 aliphatic carbocycles. The Kier molecular flexibility index (Phi) is 4.87. The van der Waals surface area contributed by atoms with Crippen molar-refractivity contribution in [1.82, 2.24) is 9.88 Å². The molecule has 1 N–H and O–H groups in total. The van der Waals surface area contributed by atoms with Gasteiger partial charge in [0.2, 0.25) is 0 Å². The van der Waals surface area contributed by atoms with Crippen LogP contribution in [0.4, 0.5) is 4.39 Å². The van der Waals surface area contributed by atoms with E-state index in [4.69, 9.17) is 9.15 Å². The normalized spacial score (nSPS) is 15.6. The van der Waals surface area contributed by atoms with Gasteiger partial charge in [-0.25, -0.2) is 4.39 Å². The molecule has 3 heterocycles. The second-order valence-electron chi connectivity index (χ2n) is 8.51. The van der Waals surface area contributed by atoms with Gasteiger partial charge in [-0.2, -0.15) is 0 Å². The first kappa shape index (κ1) is 20.5. The topological polar surface area (TPSA) is 58.5 Å². The summed E-state index contributed by atoms with van der Waals surface area (Å²) in [6.45, 7) is 3.08. The molecule has 1 aliphatic heterocycles. The largest absolute Gasteiger partial charge is 0.494 e. The van der Waals surface area contributed by atoms with Gasteiger partial charge in [0.15, 0.2) is 5.76 Å². The Morgan fingerprint density at radius 2 is 1.94 bits per heavy atom. The van der Waals surface area contributed by atoms with E-state index in [-0.39, 0.29) is 23.5 Å². The molecule has 0 spiro atoms. The molecule has 34 heavy (non-hydrogen) atoms. The van der Waals surface area contributed by atoms with E-state index < -0.39 is 0 Å². The summed E-state index contributed by atoms with van der Waals surface area (Å²) in [5.41, 5.74) is 4.76. The van der Waals surface area contributed by atoms with Gasteiger partial charge in [0.25, 0.3) is 5.91 Å². The molecule has 1 atom stereocenters. The molecule has 1 amide bonds. The van der Waals surface area contributed by atoms with Gasteiger partial charge in [-0.1, -0.05) is 30.3 Å². The number of nitrogens with zero attached hydrogens (tertiary/aromatic N) is 1. The van der Waals surface area contributed by atoms with Crippen LogP contribution in [0.5, 0.6) is 5.75 Å². The Bertz CT molecular complexity index is 1520. The van der Waals surface area contributed by atoms with Gasteiger partial charge in [-0.15, -0.1) is 0 Å². The third-order valence-electron chi connectivity index (χ3n) is 6.49. The highest BCUT2D eigenvalue weighted by Gasteiger charge is 2.36. The number of furan rings is 1. The number of ether oxygens (including phenoxy) is 1. The summed E-state index contributed by atoms with van der Waals surface area (Å²) >= 11 is 0. The van der Waals surface area contributed by atoms with Crippen LogP contribution in [0, 0.1) is 5.82 Å². The second kappa shape index (κ2) is 8.06. The molecule has 0 unspecified atom stereocenters. The van der Waals surface area contributed by atoms with Gasteiger partial charge in [-0.05, 0) is 66.9 Å².